The van der Waals surface area contributed by atoms with Crippen LogP contribution in [0.3, 0.4) is 0 Å². The molecule has 0 spiro atoms. The van der Waals surface area contributed by atoms with Gasteiger partial charge in [-0.25, -0.2) is 19.8 Å². The maximum Gasteiger partial charge on any atom is 0.244 e. The van der Waals surface area contributed by atoms with Gasteiger partial charge >= 0.3 is 0 Å². The number of rotatable bonds is 6. The van der Waals surface area contributed by atoms with Gasteiger partial charge in [0.25, 0.3) is 0 Å². The number of nitrogens with one attached hydrogen (secondary N) is 1. The van der Waals surface area contributed by atoms with Crippen molar-refractivity contribution in [2.75, 3.05) is 12.5 Å². The van der Waals surface area contributed by atoms with E-state index in [2.05, 4.69) is 20.5 Å². The van der Waals surface area contributed by atoms with Gasteiger partial charge in [-0.15, -0.1) is 0 Å². The van der Waals surface area contributed by atoms with Crippen LogP contribution in [0.1, 0.15) is 5.56 Å². The molecule has 0 unspecified atom stereocenters. The molecule has 6 heteroatoms. The topological polar surface area (TPSA) is 59.4 Å². The summed E-state index contributed by atoms with van der Waals surface area (Å²) in [6, 6.07) is 25.8. The molecule has 148 valence electrons. The standard InChI is InChI=1S/C24H19FN4O/c1-30-20-13-11-18(12-14-20)23-15-22(17-7-3-2-4-8-17)27-24(28-23)29-26-16-19-9-5-6-10-21(19)25/h2-16H,1H3,(H,27,28,29). The van der Waals surface area contributed by atoms with Crippen LogP contribution in [0.2, 0.25) is 0 Å². The van der Waals surface area contributed by atoms with Gasteiger partial charge in [-0.2, -0.15) is 5.10 Å². The highest BCUT2D eigenvalue weighted by molar-refractivity contribution is 5.80. The van der Waals surface area contributed by atoms with Gasteiger partial charge in [0, 0.05) is 16.7 Å². The van der Waals surface area contributed by atoms with Crippen LogP contribution in [0.4, 0.5) is 10.3 Å². The molecule has 1 aromatic heterocycles. The predicted molar refractivity (Wildman–Crippen MR) is 117 cm³/mol. The maximum absolute atomic E-state index is 13.8. The first-order valence-corrected chi connectivity index (χ1v) is 9.35. The normalized spacial score (nSPS) is 10.9. The van der Waals surface area contributed by atoms with E-state index in [0.717, 1.165) is 28.3 Å². The molecule has 4 rings (SSSR count). The van der Waals surface area contributed by atoms with Crippen LogP contribution in [0.25, 0.3) is 22.5 Å². The minimum absolute atomic E-state index is 0.315. The first-order valence-electron chi connectivity index (χ1n) is 9.35. The fraction of sp³-hybridized carbons (Fsp3) is 0.0417. The average molecular weight is 398 g/mol. The van der Waals surface area contributed by atoms with Crippen molar-refractivity contribution in [1.29, 1.82) is 0 Å². The van der Waals surface area contributed by atoms with Gasteiger partial charge in [-0.05, 0) is 36.4 Å². The van der Waals surface area contributed by atoms with Crippen molar-refractivity contribution in [3.8, 4) is 28.3 Å². The number of aromatic nitrogens is 2. The Hall–Kier alpha value is -4.06. The van der Waals surface area contributed by atoms with Crippen LogP contribution < -0.4 is 10.2 Å². The SMILES string of the molecule is COc1ccc(-c2cc(-c3ccccc3)nc(NN=Cc3ccccc3F)n2)cc1. The van der Waals surface area contributed by atoms with Crippen molar-refractivity contribution in [1.82, 2.24) is 9.97 Å². The third kappa shape index (κ3) is 4.50. The Morgan fingerprint density at radius 2 is 1.47 bits per heavy atom. The molecule has 0 aliphatic rings. The minimum atomic E-state index is -0.346. The van der Waals surface area contributed by atoms with E-state index in [1.807, 2.05) is 60.7 Å². The summed E-state index contributed by atoms with van der Waals surface area (Å²) in [4.78, 5) is 9.13. The molecule has 0 fully saturated rings. The molecule has 4 aromatic rings. The molecule has 1 N–H and O–H groups in total. The highest BCUT2D eigenvalue weighted by Gasteiger charge is 2.09. The molecule has 0 aliphatic carbocycles. The zero-order valence-corrected chi connectivity index (χ0v) is 16.3. The number of methoxy groups -OCH3 is 1. The predicted octanol–water partition coefficient (Wildman–Crippen LogP) is 5.40. The average Bonchev–Trinajstić information content (AvgIpc) is 2.81. The van der Waals surface area contributed by atoms with Crippen LogP contribution in [0, 0.1) is 5.82 Å². The summed E-state index contributed by atoms with van der Waals surface area (Å²) in [5.74, 6) is 0.736. The molecular weight excluding hydrogens is 379 g/mol. The van der Waals surface area contributed by atoms with E-state index < -0.39 is 0 Å². The van der Waals surface area contributed by atoms with E-state index in [1.165, 1.54) is 12.3 Å². The molecule has 0 saturated carbocycles. The molecular formula is C24H19FN4O. The van der Waals surface area contributed by atoms with Crippen molar-refractivity contribution >= 4 is 12.2 Å². The number of nitrogens with zero attached hydrogens (tertiary/aromatic N) is 3. The quantitative estimate of drug-likeness (QED) is 0.349. The smallest absolute Gasteiger partial charge is 0.244 e. The Labute approximate surface area is 173 Å². The van der Waals surface area contributed by atoms with Crippen LogP contribution >= 0.6 is 0 Å². The number of hydrazone groups is 1. The zero-order valence-electron chi connectivity index (χ0n) is 16.3. The summed E-state index contributed by atoms with van der Waals surface area (Å²) >= 11 is 0. The van der Waals surface area contributed by atoms with Crippen LogP contribution in [0.5, 0.6) is 5.75 Å². The number of hydrogen-bond donors (Lipinski definition) is 1. The lowest BCUT2D eigenvalue weighted by molar-refractivity contribution is 0.415. The molecule has 0 bridgehead atoms. The van der Waals surface area contributed by atoms with E-state index in [4.69, 9.17) is 4.74 Å². The van der Waals surface area contributed by atoms with Gasteiger partial charge in [0.05, 0.1) is 24.7 Å². The first-order chi connectivity index (χ1) is 14.7. The molecule has 0 saturated heterocycles. The van der Waals surface area contributed by atoms with Crippen LogP contribution in [0.15, 0.2) is 90.0 Å². The van der Waals surface area contributed by atoms with E-state index in [9.17, 15) is 4.39 Å². The number of benzene rings is 3. The monoisotopic (exact) mass is 398 g/mol. The molecule has 0 atom stereocenters. The second-order valence-corrected chi connectivity index (χ2v) is 6.45. The Bertz CT molecular complexity index is 1160. The summed E-state index contributed by atoms with van der Waals surface area (Å²) in [5.41, 5.74) is 6.54. The highest BCUT2D eigenvalue weighted by atomic mass is 19.1. The van der Waals surface area contributed by atoms with Gasteiger partial charge < -0.3 is 4.74 Å². The number of hydrogen-bond acceptors (Lipinski definition) is 5. The molecule has 5 nitrogen and oxygen atoms in total. The summed E-state index contributed by atoms with van der Waals surface area (Å²) in [5, 5.41) is 4.11. The fourth-order valence-corrected chi connectivity index (χ4v) is 2.90. The largest absolute Gasteiger partial charge is 0.497 e. The summed E-state index contributed by atoms with van der Waals surface area (Å²) in [6.45, 7) is 0. The second-order valence-electron chi connectivity index (χ2n) is 6.45. The van der Waals surface area contributed by atoms with Gasteiger partial charge in [-0.3, -0.25) is 0 Å². The summed E-state index contributed by atoms with van der Waals surface area (Å²) < 4.78 is 19.0. The zero-order chi connectivity index (χ0) is 20.8. The van der Waals surface area contributed by atoms with E-state index in [0.29, 0.717) is 11.5 Å². The third-order valence-corrected chi connectivity index (χ3v) is 4.45. The molecule has 30 heavy (non-hydrogen) atoms. The third-order valence-electron chi connectivity index (χ3n) is 4.45. The lowest BCUT2D eigenvalue weighted by Gasteiger charge is -2.09. The van der Waals surface area contributed by atoms with Crippen molar-refractivity contribution < 1.29 is 9.13 Å². The van der Waals surface area contributed by atoms with Gasteiger partial charge in [0.2, 0.25) is 5.95 Å². The Kier molecular flexibility index (Phi) is 5.75. The molecule has 3 aromatic carbocycles. The van der Waals surface area contributed by atoms with Gasteiger partial charge in [-0.1, -0.05) is 48.5 Å². The van der Waals surface area contributed by atoms with E-state index in [-0.39, 0.29) is 5.82 Å². The lowest BCUT2D eigenvalue weighted by Crippen LogP contribution is -2.00. The number of anilines is 1. The minimum Gasteiger partial charge on any atom is -0.497 e. The molecule has 1 heterocycles. The van der Waals surface area contributed by atoms with E-state index >= 15 is 0 Å². The lowest BCUT2D eigenvalue weighted by atomic mass is 10.1. The molecule has 0 amide bonds. The van der Waals surface area contributed by atoms with Crippen molar-refractivity contribution in [2.45, 2.75) is 0 Å². The summed E-state index contributed by atoms with van der Waals surface area (Å²) in [7, 11) is 1.63. The van der Waals surface area contributed by atoms with Crippen LogP contribution in [-0.4, -0.2) is 23.3 Å². The molecule has 0 aliphatic heterocycles. The Morgan fingerprint density at radius 3 is 2.13 bits per heavy atom. The maximum atomic E-state index is 13.8. The highest BCUT2D eigenvalue weighted by Crippen LogP contribution is 2.26. The van der Waals surface area contributed by atoms with E-state index in [1.54, 1.807) is 25.3 Å². The van der Waals surface area contributed by atoms with Crippen molar-refractivity contribution in [2.24, 2.45) is 5.10 Å². The second kappa shape index (κ2) is 8.96. The Morgan fingerprint density at radius 1 is 0.833 bits per heavy atom. The Balaban J connectivity index is 1.69. The van der Waals surface area contributed by atoms with Gasteiger partial charge in [0.15, 0.2) is 0 Å². The van der Waals surface area contributed by atoms with Crippen molar-refractivity contribution in [3.63, 3.8) is 0 Å². The number of halogens is 1. The van der Waals surface area contributed by atoms with Crippen molar-refractivity contribution in [3.05, 3.63) is 96.3 Å². The van der Waals surface area contributed by atoms with Gasteiger partial charge in [0.1, 0.15) is 11.6 Å². The fourth-order valence-electron chi connectivity index (χ4n) is 2.90. The first kappa shape index (κ1) is 19.3. The molecule has 0 radical (unpaired) electrons. The summed E-state index contributed by atoms with van der Waals surface area (Å²) in [6.07, 6.45) is 1.40. The number of ether oxygens (including phenoxy) is 1. The van der Waals surface area contributed by atoms with Crippen LogP contribution in [-0.2, 0) is 0 Å².